The highest BCUT2D eigenvalue weighted by Gasteiger charge is 2.14. The van der Waals surface area contributed by atoms with Crippen LogP contribution < -0.4 is 4.74 Å². The Morgan fingerprint density at radius 3 is 2.87 bits per heavy atom. The molecule has 1 aromatic heterocycles. The molecule has 0 N–H and O–H groups in total. The van der Waals surface area contributed by atoms with Crippen molar-refractivity contribution in [2.24, 2.45) is 0 Å². The van der Waals surface area contributed by atoms with Crippen molar-refractivity contribution in [3.8, 4) is 17.2 Å². The zero-order valence-corrected chi connectivity index (χ0v) is 9.28. The van der Waals surface area contributed by atoms with E-state index in [4.69, 9.17) is 9.15 Å². The number of halogens is 2. The van der Waals surface area contributed by atoms with Gasteiger partial charge in [0.25, 0.3) is 5.89 Å². The van der Waals surface area contributed by atoms with Crippen LogP contribution in [0.15, 0.2) is 27.4 Å². The monoisotopic (exact) mass is 272 g/mol. The molecule has 0 amide bonds. The molecule has 0 saturated heterocycles. The summed E-state index contributed by atoms with van der Waals surface area (Å²) < 4.78 is 23.5. The smallest absolute Gasteiger partial charge is 0.251 e. The second-order valence-corrected chi connectivity index (χ2v) is 3.56. The molecule has 1 aromatic carbocycles. The normalized spacial score (nSPS) is 10.3. The summed E-state index contributed by atoms with van der Waals surface area (Å²) in [6.07, 6.45) is 1.20. The molecule has 78 valence electrons. The predicted octanol–water partition coefficient (Wildman–Crippen LogP) is 2.65. The van der Waals surface area contributed by atoms with Crippen molar-refractivity contribution in [2.45, 2.75) is 0 Å². The first kappa shape index (κ1) is 10.1. The van der Waals surface area contributed by atoms with Gasteiger partial charge in [-0.3, -0.25) is 0 Å². The van der Waals surface area contributed by atoms with Crippen LogP contribution in [-0.2, 0) is 0 Å². The number of benzene rings is 1. The highest BCUT2D eigenvalue weighted by molar-refractivity contribution is 9.10. The lowest BCUT2D eigenvalue weighted by Crippen LogP contribution is -1.90. The molecule has 2 rings (SSSR count). The molecule has 1 heterocycles. The van der Waals surface area contributed by atoms with Crippen LogP contribution in [0.1, 0.15) is 0 Å². The summed E-state index contributed by atoms with van der Waals surface area (Å²) in [5.74, 6) is 0.225. The minimum atomic E-state index is -0.407. The number of hydrogen-bond acceptors (Lipinski definition) is 4. The van der Waals surface area contributed by atoms with Crippen LogP contribution in [0.4, 0.5) is 4.39 Å². The summed E-state index contributed by atoms with van der Waals surface area (Å²) in [5, 5.41) is 7.27. The van der Waals surface area contributed by atoms with Gasteiger partial charge in [-0.15, -0.1) is 10.2 Å². The van der Waals surface area contributed by atoms with Crippen LogP contribution in [0.2, 0.25) is 0 Å². The standard InChI is InChI=1S/C9H6BrFN2O2/c1-14-8-3-7(11)6(10)2-5(8)9-13-12-4-15-9/h2-4H,1H3. The number of ether oxygens (including phenoxy) is 1. The molecule has 4 nitrogen and oxygen atoms in total. The molecule has 0 aliphatic heterocycles. The molecule has 0 saturated carbocycles. The zero-order chi connectivity index (χ0) is 10.8. The predicted molar refractivity (Wildman–Crippen MR) is 53.9 cm³/mol. The summed E-state index contributed by atoms with van der Waals surface area (Å²) in [5.41, 5.74) is 0.545. The summed E-state index contributed by atoms with van der Waals surface area (Å²) in [7, 11) is 1.45. The van der Waals surface area contributed by atoms with Gasteiger partial charge in [0, 0.05) is 6.07 Å². The SMILES string of the molecule is COc1cc(F)c(Br)cc1-c1nnco1. The van der Waals surface area contributed by atoms with E-state index in [2.05, 4.69) is 26.1 Å². The number of hydrogen-bond donors (Lipinski definition) is 0. The third-order valence-electron chi connectivity index (χ3n) is 1.83. The summed E-state index contributed by atoms with van der Waals surface area (Å²) >= 11 is 3.07. The van der Waals surface area contributed by atoms with Gasteiger partial charge >= 0.3 is 0 Å². The third kappa shape index (κ3) is 1.85. The van der Waals surface area contributed by atoms with Crippen LogP contribution >= 0.6 is 15.9 Å². The molecular formula is C9H6BrFN2O2. The van der Waals surface area contributed by atoms with Crippen LogP contribution in [0.3, 0.4) is 0 Å². The van der Waals surface area contributed by atoms with E-state index < -0.39 is 5.82 Å². The highest BCUT2D eigenvalue weighted by Crippen LogP contribution is 2.32. The molecule has 6 heteroatoms. The van der Waals surface area contributed by atoms with E-state index in [0.29, 0.717) is 15.8 Å². The first-order valence-electron chi connectivity index (χ1n) is 4.02. The Morgan fingerprint density at radius 1 is 1.47 bits per heavy atom. The molecule has 0 fully saturated rings. The van der Waals surface area contributed by atoms with E-state index in [1.54, 1.807) is 0 Å². The Hall–Kier alpha value is -1.43. The largest absolute Gasteiger partial charge is 0.496 e. The third-order valence-corrected chi connectivity index (χ3v) is 2.44. The zero-order valence-electron chi connectivity index (χ0n) is 7.70. The summed E-state index contributed by atoms with van der Waals surface area (Å²) in [6, 6.07) is 2.78. The van der Waals surface area contributed by atoms with Crippen molar-refractivity contribution in [1.29, 1.82) is 0 Å². The van der Waals surface area contributed by atoms with Crippen molar-refractivity contribution >= 4 is 15.9 Å². The van der Waals surface area contributed by atoms with E-state index in [1.165, 1.54) is 25.6 Å². The molecule has 2 aromatic rings. The Bertz CT molecular complexity index is 473. The quantitative estimate of drug-likeness (QED) is 0.843. The van der Waals surface area contributed by atoms with Gasteiger partial charge < -0.3 is 9.15 Å². The Labute approximate surface area is 93.2 Å². The van der Waals surface area contributed by atoms with Crippen molar-refractivity contribution in [3.63, 3.8) is 0 Å². The van der Waals surface area contributed by atoms with Gasteiger partial charge in [-0.2, -0.15) is 0 Å². The van der Waals surface area contributed by atoms with E-state index in [1.807, 2.05) is 0 Å². The fourth-order valence-corrected chi connectivity index (χ4v) is 1.50. The minimum Gasteiger partial charge on any atom is -0.496 e. The summed E-state index contributed by atoms with van der Waals surface area (Å²) in [4.78, 5) is 0. The van der Waals surface area contributed by atoms with Crippen LogP contribution in [0, 0.1) is 5.82 Å². The second kappa shape index (κ2) is 3.98. The van der Waals surface area contributed by atoms with Crippen molar-refractivity contribution in [1.82, 2.24) is 10.2 Å². The molecule has 0 spiro atoms. The van der Waals surface area contributed by atoms with Crippen LogP contribution in [0.5, 0.6) is 5.75 Å². The van der Waals surface area contributed by atoms with Gasteiger partial charge in [0.2, 0.25) is 6.39 Å². The van der Waals surface area contributed by atoms with Crippen LogP contribution in [0.25, 0.3) is 11.5 Å². The number of aromatic nitrogens is 2. The van der Waals surface area contributed by atoms with E-state index in [9.17, 15) is 4.39 Å². The first-order valence-corrected chi connectivity index (χ1v) is 4.81. The lowest BCUT2D eigenvalue weighted by Gasteiger charge is -2.05. The number of methoxy groups -OCH3 is 1. The van der Waals surface area contributed by atoms with E-state index >= 15 is 0 Å². The molecule has 0 bridgehead atoms. The fraction of sp³-hybridized carbons (Fsp3) is 0.111. The average Bonchev–Trinajstić information content (AvgIpc) is 2.74. The van der Waals surface area contributed by atoms with Gasteiger partial charge in [0.05, 0.1) is 17.1 Å². The first-order chi connectivity index (χ1) is 7.22. The van der Waals surface area contributed by atoms with Gasteiger partial charge in [-0.25, -0.2) is 4.39 Å². The minimum absolute atomic E-state index is 0.285. The van der Waals surface area contributed by atoms with Gasteiger partial charge in [0.1, 0.15) is 11.6 Å². The topological polar surface area (TPSA) is 48.2 Å². The van der Waals surface area contributed by atoms with Crippen molar-refractivity contribution < 1.29 is 13.5 Å². The highest BCUT2D eigenvalue weighted by atomic mass is 79.9. The number of nitrogens with zero attached hydrogens (tertiary/aromatic N) is 2. The van der Waals surface area contributed by atoms with E-state index in [0.717, 1.165) is 0 Å². The fourth-order valence-electron chi connectivity index (χ4n) is 1.16. The Morgan fingerprint density at radius 2 is 2.27 bits per heavy atom. The van der Waals surface area contributed by atoms with Gasteiger partial charge in [0.15, 0.2) is 0 Å². The lowest BCUT2D eigenvalue weighted by molar-refractivity contribution is 0.410. The summed E-state index contributed by atoms with van der Waals surface area (Å²) in [6.45, 7) is 0. The molecule has 0 aliphatic carbocycles. The van der Waals surface area contributed by atoms with Crippen LogP contribution in [-0.4, -0.2) is 17.3 Å². The average molecular weight is 273 g/mol. The molecule has 0 atom stereocenters. The lowest BCUT2D eigenvalue weighted by atomic mass is 10.2. The van der Waals surface area contributed by atoms with E-state index in [-0.39, 0.29) is 5.89 Å². The van der Waals surface area contributed by atoms with Gasteiger partial charge in [-0.1, -0.05) is 0 Å². The second-order valence-electron chi connectivity index (χ2n) is 2.71. The number of rotatable bonds is 2. The Balaban J connectivity index is 2.60. The van der Waals surface area contributed by atoms with Crippen molar-refractivity contribution in [3.05, 3.63) is 28.8 Å². The van der Waals surface area contributed by atoms with Crippen molar-refractivity contribution in [2.75, 3.05) is 7.11 Å². The molecule has 0 aliphatic rings. The van der Waals surface area contributed by atoms with Gasteiger partial charge in [-0.05, 0) is 22.0 Å². The maximum atomic E-state index is 13.2. The maximum absolute atomic E-state index is 13.2. The molecule has 0 radical (unpaired) electrons. The Kier molecular flexibility index (Phi) is 2.68. The molecule has 0 unspecified atom stereocenters. The molecule has 15 heavy (non-hydrogen) atoms. The molecular weight excluding hydrogens is 267 g/mol. The maximum Gasteiger partial charge on any atom is 0.251 e.